The van der Waals surface area contributed by atoms with Gasteiger partial charge in [-0.25, -0.2) is 0 Å². The molecule has 1 aliphatic carbocycles. The minimum atomic E-state index is -0.901. The number of benzene rings is 1. The van der Waals surface area contributed by atoms with Gasteiger partial charge in [0.2, 0.25) is 0 Å². The summed E-state index contributed by atoms with van der Waals surface area (Å²) >= 11 is 6.07. The molecule has 1 fully saturated rings. The number of rotatable bonds is 3. The number of fused-ring (bicyclic) bond motifs is 1. The molecule has 1 saturated carbocycles. The number of carboxylic acid groups (broad SMARTS) is 1. The van der Waals surface area contributed by atoms with E-state index in [0.717, 1.165) is 10.9 Å². The second kappa shape index (κ2) is 3.85. The third-order valence-corrected chi connectivity index (χ3v) is 3.64. The smallest absolute Gasteiger partial charge is 0.307 e. The molecule has 0 saturated heterocycles. The Bertz CT molecular complexity index is 661. The summed E-state index contributed by atoms with van der Waals surface area (Å²) in [7, 11) is 0. The van der Waals surface area contributed by atoms with E-state index in [2.05, 4.69) is 4.98 Å². The zero-order valence-electron chi connectivity index (χ0n) is 9.31. The van der Waals surface area contributed by atoms with Crippen LogP contribution in [0.1, 0.15) is 16.8 Å². The number of Topliss-reactive ketones (excluding diaryl/α,β-unsaturated/α-hetero) is 1. The quantitative estimate of drug-likeness (QED) is 0.837. The van der Waals surface area contributed by atoms with Crippen LogP contribution in [0.15, 0.2) is 24.4 Å². The van der Waals surface area contributed by atoms with Gasteiger partial charge in [0.15, 0.2) is 5.78 Å². The number of ketones is 1. The molecule has 1 aliphatic rings. The van der Waals surface area contributed by atoms with Crippen LogP contribution < -0.4 is 0 Å². The van der Waals surface area contributed by atoms with Crippen LogP contribution in [-0.2, 0) is 4.79 Å². The first-order chi connectivity index (χ1) is 8.58. The largest absolute Gasteiger partial charge is 0.481 e. The number of hydrogen-bond acceptors (Lipinski definition) is 2. The number of H-pyrrole nitrogens is 1. The molecular weight excluding hydrogens is 254 g/mol. The maximum atomic E-state index is 12.1. The fourth-order valence-electron chi connectivity index (χ4n) is 2.24. The minimum absolute atomic E-state index is 0.132. The van der Waals surface area contributed by atoms with Gasteiger partial charge < -0.3 is 10.1 Å². The highest BCUT2D eigenvalue weighted by molar-refractivity contribution is 6.35. The number of carbonyl (C=O) groups excluding carboxylic acids is 1. The number of hydrogen-bond donors (Lipinski definition) is 2. The molecule has 2 unspecified atom stereocenters. The van der Waals surface area contributed by atoms with Crippen molar-refractivity contribution in [3.8, 4) is 0 Å². The Balaban J connectivity index is 1.95. The highest BCUT2D eigenvalue weighted by atomic mass is 35.5. The molecule has 1 aromatic carbocycles. The van der Waals surface area contributed by atoms with E-state index >= 15 is 0 Å². The van der Waals surface area contributed by atoms with E-state index in [1.165, 1.54) is 0 Å². The molecule has 1 heterocycles. The molecule has 2 N–H and O–H groups in total. The molecule has 4 nitrogen and oxygen atoms in total. The molecule has 5 heteroatoms. The van der Waals surface area contributed by atoms with Gasteiger partial charge in [0.25, 0.3) is 0 Å². The van der Waals surface area contributed by atoms with Crippen molar-refractivity contribution in [1.82, 2.24) is 4.98 Å². The SMILES string of the molecule is O=C(O)C1CC1C(=O)c1cc(Cl)c2[nH]ccc2c1. The summed E-state index contributed by atoms with van der Waals surface area (Å²) in [5.41, 5.74) is 1.28. The second-order valence-corrected chi connectivity index (χ2v) is 4.96. The van der Waals surface area contributed by atoms with Gasteiger partial charge in [-0.1, -0.05) is 11.6 Å². The van der Waals surface area contributed by atoms with Crippen molar-refractivity contribution in [2.75, 3.05) is 0 Å². The number of aromatic amines is 1. The van der Waals surface area contributed by atoms with Gasteiger partial charge in [-0.3, -0.25) is 9.59 Å². The summed E-state index contributed by atoms with van der Waals surface area (Å²) < 4.78 is 0. The second-order valence-electron chi connectivity index (χ2n) is 4.55. The van der Waals surface area contributed by atoms with E-state index in [-0.39, 0.29) is 5.78 Å². The van der Waals surface area contributed by atoms with E-state index in [4.69, 9.17) is 16.7 Å². The van der Waals surface area contributed by atoms with Crippen LogP contribution >= 0.6 is 11.6 Å². The zero-order valence-corrected chi connectivity index (χ0v) is 10.1. The van der Waals surface area contributed by atoms with Crippen LogP contribution in [0, 0.1) is 11.8 Å². The predicted octanol–water partition coefficient (Wildman–Crippen LogP) is 2.72. The van der Waals surface area contributed by atoms with E-state index in [9.17, 15) is 9.59 Å². The first-order valence-electron chi connectivity index (χ1n) is 5.61. The van der Waals surface area contributed by atoms with Gasteiger partial charge in [-0.2, -0.15) is 0 Å². The Hall–Kier alpha value is -1.81. The predicted molar refractivity (Wildman–Crippen MR) is 66.9 cm³/mol. The number of halogens is 1. The summed E-state index contributed by atoms with van der Waals surface area (Å²) in [5.74, 6) is -1.96. The van der Waals surface area contributed by atoms with Crippen LogP contribution in [0.3, 0.4) is 0 Å². The lowest BCUT2D eigenvalue weighted by Gasteiger charge is -2.02. The van der Waals surface area contributed by atoms with Crippen LogP contribution in [0.5, 0.6) is 0 Å². The summed E-state index contributed by atoms with van der Waals surface area (Å²) in [4.78, 5) is 25.9. The third kappa shape index (κ3) is 1.69. The van der Waals surface area contributed by atoms with Gasteiger partial charge >= 0.3 is 5.97 Å². The number of nitrogens with one attached hydrogen (secondary N) is 1. The van der Waals surface area contributed by atoms with Crippen molar-refractivity contribution in [3.63, 3.8) is 0 Å². The first-order valence-corrected chi connectivity index (χ1v) is 5.99. The minimum Gasteiger partial charge on any atom is -0.481 e. The van der Waals surface area contributed by atoms with Crippen molar-refractivity contribution in [2.45, 2.75) is 6.42 Å². The summed E-state index contributed by atoms with van der Waals surface area (Å²) in [6.07, 6.45) is 2.18. The molecule has 0 bridgehead atoms. The maximum absolute atomic E-state index is 12.1. The lowest BCUT2D eigenvalue weighted by molar-refractivity contribution is -0.138. The van der Waals surface area contributed by atoms with Gasteiger partial charge in [0, 0.05) is 23.1 Å². The average molecular weight is 264 g/mol. The fourth-order valence-corrected chi connectivity index (χ4v) is 2.52. The molecule has 1 aromatic heterocycles. The molecule has 18 heavy (non-hydrogen) atoms. The van der Waals surface area contributed by atoms with Crippen LogP contribution in [0.2, 0.25) is 5.02 Å². The highest BCUT2D eigenvalue weighted by Crippen LogP contribution is 2.41. The first kappa shape index (κ1) is 11.3. The third-order valence-electron chi connectivity index (χ3n) is 3.34. The number of carboxylic acids is 1. The Morgan fingerprint density at radius 2 is 2.11 bits per heavy atom. The van der Waals surface area contributed by atoms with E-state index in [0.29, 0.717) is 17.0 Å². The Kier molecular flexibility index (Phi) is 2.41. The molecule has 0 radical (unpaired) electrons. The highest BCUT2D eigenvalue weighted by Gasteiger charge is 2.48. The molecular formula is C13H10ClNO3. The van der Waals surface area contributed by atoms with E-state index in [1.807, 2.05) is 6.07 Å². The molecule has 2 atom stereocenters. The van der Waals surface area contributed by atoms with Gasteiger partial charge in [0.05, 0.1) is 16.5 Å². The monoisotopic (exact) mass is 263 g/mol. The van der Waals surface area contributed by atoms with Crippen molar-refractivity contribution in [1.29, 1.82) is 0 Å². The number of carbonyl (C=O) groups is 2. The lowest BCUT2D eigenvalue weighted by atomic mass is 10.0. The molecule has 92 valence electrons. The van der Waals surface area contributed by atoms with E-state index < -0.39 is 17.8 Å². The topological polar surface area (TPSA) is 70.2 Å². The summed E-state index contributed by atoms with van der Waals surface area (Å²) in [5, 5.41) is 10.2. The number of aromatic nitrogens is 1. The van der Waals surface area contributed by atoms with Gasteiger partial charge in [0.1, 0.15) is 0 Å². The standard InChI is InChI=1S/C13H10ClNO3/c14-10-4-7(3-6-1-2-15-11(6)10)12(16)8-5-9(8)13(17)18/h1-4,8-9,15H,5H2,(H,17,18). The van der Waals surface area contributed by atoms with Crippen molar-refractivity contribution in [3.05, 3.63) is 35.0 Å². The molecule has 0 spiro atoms. The fraction of sp³-hybridized carbons (Fsp3) is 0.231. The normalized spacial score (nSPS) is 22.1. The van der Waals surface area contributed by atoms with Crippen molar-refractivity contribution < 1.29 is 14.7 Å². The van der Waals surface area contributed by atoms with Crippen LogP contribution in [0.25, 0.3) is 10.9 Å². The Morgan fingerprint density at radius 1 is 1.33 bits per heavy atom. The molecule has 0 aliphatic heterocycles. The summed E-state index contributed by atoms with van der Waals surface area (Å²) in [6, 6.07) is 5.18. The maximum Gasteiger partial charge on any atom is 0.307 e. The molecule has 0 amide bonds. The van der Waals surface area contributed by atoms with Gasteiger partial charge in [-0.15, -0.1) is 0 Å². The summed E-state index contributed by atoms with van der Waals surface area (Å²) in [6.45, 7) is 0. The Morgan fingerprint density at radius 3 is 2.78 bits per heavy atom. The van der Waals surface area contributed by atoms with Crippen molar-refractivity contribution in [2.24, 2.45) is 11.8 Å². The van der Waals surface area contributed by atoms with Crippen LogP contribution in [0.4, 0.5) is 0 Å². The lowest BCUT2D eigenvalue weighted by Crippen LogP contribution is -2.08. The van der Waals surface area contributed by atoms with Crippen LogP contribution in [-0.4, -0.2) is 21.8 Å². The Labute approximate surface area is 108 Å². The number of aliphatic carboxylic acids is 1. The zero-order chi connectivity index (χ0) is 12.9. The van der Waals surface area contributed by atoms with Gasteiger partial charge in [-0.05, 0) is 24.6 Å². The molecule has 3 rings (SSSR count). The van der Waals surface area contributed by atoms with E-state index in [1.54, 1.807) is 18.3 Å². The molecule has 2 aromatic rings. The average Bonchev–Trinajstić information content (AvgIpc) is 2.99. The van der Waals surface area contributed by atoms with Crippen molar-refractivity contribution >= 4 is 34.3 Å².